The normalized spacial score (nSPS) is 13.1. The molecular formula is C14H18N4O3. The minimum absolute atomic E-state index is 0.133. The van der Waals surface area contributed by atoms with Crippen molar-refractivity contribution in [3.8, 4) is 11.3 Å². The molecular weight excluding hydrogens is 272 g/mol. The number of carbonyl (C=O) groups excluding carboxylic acids is 1. The number of fused-ring (bicyclic) bond motifs is 3. The van der Waals surface area contributed by atoms with Crippen LogP contribution in [0.4, 0.5) is 0 Å². The lowest BCUT2D eigenvalue weighted by Gasteiger charge is -2.15. The van der Waals surface area contributed by atoms with Gasteiger partial charge in [-0.2, -0.15) is 5.10 Å². The quantitative estimate of drug-likeness (QED) is 0.836. The molecule has 3 rings (SSSR count). The first-order valence-electron chi connectivity index (χ1n) is 7.13. The molecule has 112 valence electrons. The van der Waals surface area contributed by atoms with Crippen LogP contribution >= 0.6 is 0 Å². The standard InChI is InChI=1S/C14H18N4O3/c1-4-21-14(20)12-10-9(18(17-12)7(2)3)6-5-8-11(10)15-16-13(8)19/h7H,4-6H2,1-3H3,(H2,15,16,19). The van der Waals surface area contributed by atoms with E-state index < -0.39 is 5.97 Å². The van der Waals surface area contributed by atoms with Crippen molar-refractivity contribution in [2.75, 3.05) is 6.61 Å². The fourth-order valence-electron chi connectivity index (χ4n) is 2.82. The van der Waals surface area contributed by atoms with Gasteiger partial charge < -0.3 is 4.74 Å². The summed E-state index contributed by atoms with van der Waals surface area (Å²) in [6.07, 6.45) is 1.33. The third kappa shape index (κ3) is 2.00. The van der Waals surface area contributed by atoms with Crippen LogP contribution in [0.1, 0.15) is 48.6 Å². The smallest absolute Gasteiger partial charge is 0.359 e. The molecule has 0 fully saturated rings. The van der Waals surface area contributed by atoms with Gasteiger partial charge in [0.25, 0.3) is 5.56 Å². The van der Waals surface area contributed by atoms with Gasteiger partial charge in [-0.15, -0.1) is 0 Å². The van der Waals surface area contributed by atoms with Crippen molar-refractivity contribution in [2.45, 2.75) is 39.7 Å². The lowest BCUT2D eigenvalue weighted by Crippen LogP contribution is -2.15. The summed E-state index contributed by atoms with van der Waals surface area (Å²) in [4.78, 5) is 24.0. The number of hydrogen-bond donors (Lipinski definition) is 2. The van der Waals surface area contributed by atoms with Gasteiger partial charge in [0.15, 0.2) is 5.69 Å². The lowest BCUT2D eigenvalue weighted by molar-refractivity contribution is 0.0519. The molecule has 2 heterocycles. The first kappa shape index (κ1) is 13.7. The fourth-order valence-corrected chi connectivity index (χ4v) is 2.82. The molecule has 1 aliphatic rings. The van der Waals surface area contributed by atoms with Crippen LogP contribution in [0.3, 0.4) is 0 Å². The number of ether oxygens (including phenoxy) is 1. The van der Waals surface area contributed by atoms with E-state index in [1.54, 1.807) is 6.92 Å². The van der Waals surface area contributed by atoms with Gasteiger partial charge in [-0.25, -0.2) is 4.79 Å². The van der Waals surface area contributed by atoms with Crippen molar-refractivity contribution in [3.63, 3.8) is 0 Å². The van der Waals surface area contributed by atoms with Crippen LogP contribution in [0.5, 0.6) is 0 Å². The number of H-pyrrole nitrogens is 2. The summed E-state index contributed by atoms with van der Waals surface area (Å²) in [5.74, 6) is -0.456. The minimum Gasteiger partial charge on any atom is -0.461 e. The van der Waals surface area contributed by atoms with Crippen LogP contribution in [0.25, 0.3) is 11.3 Å². The Balaban J connectivity index is 2.24. The molecule has 1 aliphatic carbocycles. The SMILES string of the molecule is CCOC(=O)c1nn(C(C)C)c2c1-c1[nH][nH]c(=O)c1CC2. The van der Waals surface area contributed by atoms with E-state index in [0.717, 1.165) is 5.69 Å². The number of nitrogens with zero attached hydrogens (tertiary/aromatic N) is 2. The topological polar surface area (TPSA) is 92.8 Å². The van der Waals surface area contributed by atoms with Crippen molar-refractivity contribution in [3.05, 3.63) is 27.3 Å². The third-order valence-electron chi connectivity index (χ3n) is 3.71. The molecule has 2 aromatic heterocycles. The van der Waals surface area contributed by atoms with Crippen molar-refractivity contribution in [1.29, 1.82) is 0 Å². The molecule has 0 radical (unpaired) electrons. The van der Waals surface area contributed by atoms with Crippen LogP contribution in [-0.4, -0.2) is 32.6 Å². The number of carbonyl (C=O) groups is 1. The Labute approximate surface area is 121 Å². The van der Waals surface area contributed by atoms with E-state index >= 15 is 0 Å². The number of aromatic amines is 2. The number of esters is 1. The summed E-state index contributed by atoms with van der Waals surface area (Å²) >= 11 is 0. The molecule has 7 heteroatoms. The summed E-state index contributed by atoms with van der Waals surface area (Å²) in [5.41, 5.74) is 3.14. The molecule has 21 heavy (non-hydrogen) atoms. The Morgan fingerprint density at radius 3 is 2.81 bits per heavy atom. The fraction of sp³-hybridized carbons (Fsp3) is 0.500. The molecule has 0 spiro atoms. The predicted octanol–water partition coefficient (Wildman–Crippen LogP) is 1.42. The molecule has 2 N–H and O–H groups in total. The van der Waals surface area contributed by atoms with E-state index in [4.69, 9.17) is 4.74 Å². The Morgan fingerprint density at radius 2 is 2.14 bits per heavy atom. The first-order chi connectivity index (χ1) is 10.0. The summed E-state index contributed by atoms with van der Waals surface area (Å²) < 4.78 is 6.94. The van der Waals surface area contributed by atoms with Gasteiger partial charge in [-0.3, -0.25) is 19.7 Å². The van der Waals surface area contributed by atoms with E-state index in [2.05, 4.69) is 15.3 Å². The van der Waals surface area contributed by atoms with Crippen LogP contribution in [-0.2, 0) is 17.6 Å². The maximum Gasteiger partial charge on any atom is 0.359 e. The molecule has 0 saturated heterocycles. The molecule has 0 amide bonds. The first-order valence-corrected chi connectivity index (χ1v) is 7.13. The van der Waals surface area contributed by atoms with Gasteiger partial charge in [0.05, 0.1) is 17.9 Å². The van der Waals surface area contributed by atoms with Gasteiger partial charge in [0.2, 0.25) is 0 Å². The summed E-state index contributed by atoms with van der Waals surface area (Å²) in [6.45, 7) is 6.07. The maximum atomic E-state index is 12.2. The number of aromatic nitrogens is 4. The van der Waals surface area contributed by atoms with E-state index in [1.165, 1.54) is 0 Å². The second-order valence-electron chi connectivity index (χ2n) is 5.36. The van der Waals surface area contributed by atoms with Gasteiger partial charge in [-0.05, 0) is 33.6 Å². The van der Waals surface area contributed by atoms with Crippen molar-refractivity contribution in [1.82, 2.24) is 20.0 Å². The van der Waals surface area contributed by atoms with Gasteiger partial charge in [0, 0.05) is 17.3 Å². The average molecular weight is 290 g/mol. The lowest BCUT2D eigenvalue weighted by atomic mass is 9.93. The zero-order valence-electron chi connectivity index (χ0n) is 12.3. The maximum absolute atomic E-state index is 12.2. The third-order valence-corrected chi connectivity index (χ3v) is 3.71. The molecule has 0 aliphatic heterocycles. The van der Waals surface area contributed by atoms with Crippen LogP contribution in [0, 0.1) is 0 Å². The van der Waals surface area contributed by atoms with Gasteiger partial charge in [0.1, 0.15) is 0 Å². The number of rotatable bonds is 3. The predicted molar refractivity (Wildman–Crippen MR) is 76.4 cm³/mol. The summed E-state index contributed by atoms with van der Waals surface area (Å²) in [7, 11) is 0. The zero-order chi connectivity index (χ0) is 15.1. The van der Waals surface area contributed by atoms with Crippen molar-refractivity contribution >= 4 is 5.97 Å². The molecule has 0 unspecified atom stereocenters. The van der Waals surface area contributed by atoms with Crippen molar-refractivity contribution < 1.29 is 9.53 Å². The Morgan fingerprint density at radius 1 is 1.38 bits per heavy atom. The monoisotopic (exact) mass is 290 g/mol. The highest BCUT2D eigenvalue weighted by molar-refractivity contribution is 5.96. The highest BCUT2D eigenvalue weighted by atomic mass is 16.5. The zero-order valence-corrected chi connectivity index (χ0v) is 12.3. The second kappa shape index (κ2) is 4.91. The number of nitrogens with one attached hydrogen (secondary N) is 2. The molecule has 0 atom stereocenters. The Kier molecular flexibility index (Phi) is 3.19. The average Bonchev–Trinajstić information content (AvgIpc) is 3.00. The van der Waals surface area contributed by atoms with E-state index in [1.807, 2.05) is 18.5 Å². The molecule has 0 aromatic carbocycles. The number of hydrogen-bond acceptors (Lipinski definition) is 4. The highest BCUT2D eigenvalue weighted by Crippen LogP contribution is 2.34. The van der Waals surface area contributed by atoms with Crippen LogP contribution in [0.2, 0.25) is 0 Å². The highest BCUT2D eigenvalue weighted by Gasteiger charge is 2.32. The van der Waals surface area contributed by atoms with E-state index in [0.29, 0.717) is 36.3 Å². The van der Waals surface area contributed by atoms with Crippen LogP contribution < -0.4 is 5.56 Å². The summed E-state index contributed by atoms with van der Waals surface area (Å²) in [6, 6.07) is 0.133. The molecule has 0 bridgehead atoms. The Bertz CT molecular complexity index is 751. The largest absolute Gasteiger partial charge is 0.461 e. The summed E-state index contributed by atoms with van der Waals surface area (Å²) in [5, 5.41) is 9.88. The second-order valence-corrected chi connectivity index (χ2v) is 5.36. The minimum atomic E-state index is -0.456. The van der Waals surface area contributed by atoms with Crippen LogP contribution in [0.15, 0.2) is 4.79 Å². The molecule has 7 nitrogen and oxygen atoms in total. The molecule has 0 saturated carbocycles. The van der Waals surface area contributed by atoms with Crippen molar-refractivity contribution in [2.24, 2.45) is 0 Å². The van der Waals surface area contributed by atoms with E-state index in [9.17, 15) is 9.59 Å². The van der Waals surface area contributed by atoms with Gasteiger partial charge in [-0.1, -0.05) is 0 Å². The van der Waals surface area contributed by atoms with Gasteiger partial charge >= 0.3 is 5.97 Å². The van der Waals surface area contributed by atoms with E-state index in [-0.39, 0.29) is 17.3 Å². The Hall–Kier alpha value is -2.31. The molecule has 2 aromatic rings.